The molecule has 0 amide bonds. The molecular weight excluding hydrogens is 286 g/mol. The van der Waals surface area contributed by atoms with Crippen molar-refractivity contribution in [2.24, 2.45) is 0 Å². The molecule has 0 spiro atoms. The van der Waals surface area contributed by atoms with Crippen molar-refractivity contribution in [3.63, 3.8) is 0 Å². The second kappa shape index (κ2) is 7.23. The van der Waals surface area contributed by atoms with Crippen LogP contribution in [0.25, 0.3) is 0 Å². The number of nitrogens with zero attached hydrogens (tertiary/aromatic N) is 1. The van der Waals surface area contributed by atoms with Crippen molar-refractivity contribution >= 4 is 17.4 Å². The van der Waals surface area contributed by atoms with Gasteiger partial charge in [0.1, 0.15) is 0 Å². The first-order chi connectivity index (χ1) is 10.2. The zero-order chi connectivity index (χ0) is 15.2. The summed E-state index contributed by atoms with van der Waals surface area (Å²) in [5.74, 6) is 0.388. The SMILES string of the molecule is CCc1ccc(CC)c(C(=O)COc2cccnc2Cl)c1. The number of hydrogen-bond acceptors (Lipinski definition) is 3. The summed E-state index contributed by atoms with van der Waals surface area (Å²) < 4.78 is 5.48. The Hall–Kier alpha value is -1.87. The van der Waals surface area contributed by atoms with Gasteiger partial charge in [-0.25, -0.2) is 4.98 Å². The number of hydrogen-bond donors (Lipinski definition) is 0. The highest BCUT2D eigenvalue weighted by atomic mass is 35.5. The third-order valence-corrected chi connectivity index (χ3v) is 3.63. The Kier molecular flexibility index (Phi) is 5.34. The van der Waals surface area contributed by atoms with Crippen molar-refractivity contribution in [1.82, 2.24) is 4.98 Å². The standard InChI is InChI=1S/C17H18ClNO2/c1-3-12-7-8-13(4-2)14(10-12)15(20)11-21-16-6-5-9-19-17(16)18/h5-10H,3-4,11H2,1-2H3. The molecule has 0 saturated heterocycles. The zero-order valence-corrected chi connectivity index (χ0v) is 13.0. The van der Waals surface area contributed by atoms with E-state index in [2.05, 4.69) is 18.0 Å². The van der Waals surface area contributed by atoms with Gasteiger partial charge in [0, 0.05) is 11.8 Å². The van der Waals surface area contributed by atoms with E-state index in [1.807, 2.05) is 19.1 Å². The Bertz CT molecular complexity index is 640. The maximum atomic E-state index is 12.4. The maximum Gasteiger partial charge on any atom is 0.200 e. The summed E-state index contributed by atoms with van der Waals surface area (Å²) in [5.41, 5.74) is 2.92. The molecule has 1 heterocycles. The van der Waals surface area contributed by atoms with Gasteiger partial charge in [-0.1, -0.05) is 37.6 Å². The monoisotopic (exact) mass is 303 g/mol. The van der Waals surface area contributed by atoms with E-state index < -0.39 is 0 Å². The van der Waals surface area contributed by atoms with Crippen molar-refractivity contribution in [2.45, 2.75) is 26.7 Å². The third-order valence-electron chi connectivity index (χ3n) is 3.35. The maximum absolute atomic E-state index is 12.4. The quantitative estimate of drug-likeness (QED) is 0.595. The zero-order valence-electron chi connectivity index (χ0n) is 12.2. The molecule has 3 nitrogen and oxygen atoms in total. The van der Waals surface area contributed by atoms with Crippen LogP contribution in [0.2, 0.25) is 5.15 Å². The molecule has 1 aromatic heterocycles. The molecule has 2 rings (SSSR count). The summed E-state index contributed by atoms with van der Waals surface area (Å²) in [6.07, 6.45) is 3.30. The van der Waals surface area contributed by atoms with Crippen molar-refractivity contribution in [2.75, 3.05) is 6.61 Å². The molecule has 0 aliphatic rings. The van der Waals surface area contributed by atoms with Gasteiger partial charge in [-0.3, -0.25) is 4.79 Å². The Labute approximate surface area is 129 Å². The number of ketones is 1. The van der Waals surface area contributed by atoms with Crippen LogP contribution in [0.3, 0.4) is 0 Å². The lowest BCUT2D eigenvalue weighted by molar-refractivity contribution is 0.0920. The molecule has 0 bridgehead atoms. The van der Waals surface area contributed by atoms with Crippen LogP contribution in [0.15, 0.2) is 36.5 Å². The number of benzene rings is 1. The van der Waals surface area contributed by atoms with E-state index in [9.17, 15) is 4.79 Å². The number of carbonyl (C=O) groups excluding carboxylic acids is 1. The highest BCUT2D eigenvalue weighted by Crippen LogP contribution is 2.21. The van der Waals surface area contributed by atoms with Gasteiger partial charge in [0.25, 0.3) is 0 Å². The van der Waals surface area contributed by atoms with Crippen LogP contribution >= 0.6 is 11.6 Å². The average molecular weight is 304 g/mol. The molecule has 0 atom stereocenters. The number of aryl methyl sites for hydroxylation is 2. The van der Waals surface area contributed by atoms with E-state index in [4.69, 9.17) is 16.3 Å². The predicted octanol–water partition coefficient (Wildman–Crippen LogP) is 4.12. The van der Waals surface area contributed by atoms with E-state index >= 15 is 0 Å². The molecule has 21 heavy (non-hydrogen) atoms. The van der Waals surface area contributed by atoms with E-state index in [-0.39, 0.29) is 17.5 Å². The average Bonchev–Trinajstić information content (AvgIpc) is 2.53. The van der Waals surface area contributed by atoms with E-state index in [0.29, 0.717) is 5.75 Å². The van der Waals surface area contributed by atoms with Crippen molar-refractivity contribution < 1.29 is 9.53 Å². The van der Waals surface area contributed by atoms with Gasteiger partial charge in [-0.05, 0) is 42.2 Å². The lowest BCUT2D eigenvalue weighted by Crippen LogP contribution is -2.14. The smallest absolute Gasteiger partial charge is 0.200 e. The Balaban J connectivity index is 2.15. The summed E-state index contributed by atoms with van der Waals surface area (Å²) in [5, 5.41) is 0.267. The highest BCUT2D eigenvalue weighted by molar-refractivity contribution is 6.30. The number of ether oxygens (including phenoxy) is 1. The molecule has 0 aliphatic carbocycles. The fraction of sp³-hybridized carbons (Fsp3) is 0.294. The van der Waals surface area contributed by atoms with Crippen LogP contribution < -0.4 is 4.74 Å². The number of halogens is 1. The molecular formula is C17H18ClNO2. The summed E-state index contributed by atoms with van der Waals surface area (Å²) >= 11 is 5.91. The first-order valence-corrected chi connectivity index (χ1v) is 7.41. The van der Waals surface area contributed by atoms with Crippen LogP contribution in [-0.4, -0.2) is 17.4 Å². The molecule has 0 unspecified atom stereocenters. The van der Waals surface area contributed by atoms with Crippen LogP contribution in [0.4, 0.5) is 0 Å². The fourth-order valence-corrected chi connectivity index (χ4v) is 2.29. The van der Waals surface area contributed by atoms with Gasteiger partial charge in [0.15, 0.2) is 23.3 Å². The number of pyridine rings is 1. The van der Waals surface area contributed by atoms with E-state index in [0.717, 1.165) is 29.5 Å². The van der Waals surface area contributed by atoms with Gasteiger partial charge < -0.3 is 4.74 Å². The second-order valence-electron chi connectivity index (χ2n) is 4.70. The number of aromatic nitrogens is 1. The van der Waals surface area contributed by atoms with Gasteiger partial charge in [0.2, 0.25) is 0 Å². The first-order valence-electron chi connectivity index (χ1n) is 7.04. The normalized spacial score (nSPS) is 10.4. The predicted molar refractivity (Wildman–Crippen MR) is 84.3 cm³/mol. The highest BCUT2D eigenvalue weighted by Gasteiger charge is 2.13. The van der Waals surface area contributed by atoms with E-state index in [1.165, 1.54) is 0 Å². The lowest BCUT2D eigenvalue weighted by Gasteiger charge is -2.10. The lowest BCUT2D eigenvalue weighted by atomic mass is 9.98. The topological polar surface area (TPSA) is 39.2 Å². The van der Waals surface area contributed by atoms with Gasteiger partial charge in [0.05, 0.1) is 0 Å². The Morgan fingerprint density at radius 3 is 2.71 bits per heavy atom. The fourth-order valence-electron chi connectivity index (χ4n) is 2.11. The molecule has 0 saturated carbocycles. The second-order valence-corrected chi connectivity index (χ2v) is 5.06. The van der Waals surface area contributed by atoms with Crippen molar-refractivity contribution in [1.29, 1.82) is 0 Å². The minimum atomic E-state index is -0.0398. The van der Waals surface area contributed by atoms with Crippen LogP contribution in [0, 0.1) is 0 Å². The van der Waals surface area contributed by atoms with Crippen molar-refractivity contribution in [3.05, 3.63) is 58.4 Å². The summed E-state index contributed by atoms with van der Waals surface area (Å²) in [6, 6.07) is 9.46. The van der Waals surface area contributed by atoms with Crippen LogP contribution in [0.1, 0.15) is 35.3 Å². The molecule has 0 fully saturated rings. The van der Waals surface area contributed by atoms with Crippen LogP contribution in [0.5, 0.6) is 5.75 Å². The number of Topliss-reactive ketones (excluding diaryl/α,β-unsaturated/α-hetero) is 1. The van der Waals surface area contributed by atoms with Gasteiger partial charge in [-0.2, -0.15) is 0 Å². The first kappa shape index (κ1) is 15.5. The molecule has 0 radical (unpaired) electrons. The molecule has 110 valence electrons. The van der Waals surface area contributed by atoms with Gasteiger partial charge >= 0.3 is 0 Å². The summed E-state index contributed by atoms with van der Waals surface area (Å²) in [4.78, 5) is 16.3. The van der Waals surface area contributed by atoms with Gasteiger partial charge in [-0.15, -0.1) is 0 Å². The minimum absolute atomic E-state index is 0.0361. The third kappa shape index (κ3) is 3.82. The Morgan fingerprint density at radius 2 is 2.05 bits per heavy atom. The van der Waals surface area contributed by atoms with Crippen molar-refractivity contribution in [3.8, 4) is 5.75 Å². The Morgan fingerprint density at radius 1 is 1.24 bits per heavy atom. The molecule has 4 heteroatoms. The number of carbonyl (C=O) groups is 1. The van der Waals surface area contributed by atoms with E-state index in [1.54, 1.807) is 18.3 Å². The summed E-state index contributed by atoms with van der Waals surface area (Å²) in [7, 11) is 0. The molecule has 1 aromatic carbocycles. The molecule has 0 aliphatic heterocycles. The number of rotatable bonds is 6. The summed E-state index contributed by atoms with van der Waals surface area (Å²) in [6.45, 7) is 4.07. The van der Waals surface area contributed by atoms with Crippen LogP contribution in [-0.2, 0) is 12.8 Å². The largest absolute Gasteiger partial charge is 0.482 e. The molecule has 2 aromatic rings. The minimum Gasteiger partial charge on any atom is -0.482 e. The molecule has 0 N–H and O–H groups in total.